The first-order valence-corrected chi connectivity index (χ1v) is 8.61. The molecule has 0 bridgehead atoms. The maximum Gasteiger partial charge on any atom is 0.259 e. The lowest BCUT2D eigenvalue weighted by atomic mass is 10.1. The normalized spacial score (nSPS) is 12.7. The van der Waals surface area contributed by atoms with E-state index >= 15 is 0 Å². The Morgan fingerprint density at radius 2 is 1.88 bits per heavy atom. The Labute approximate surface area is 143 Å². The Morgan fingerprint density at radius 1 is 1.08 bits per heavy atom. The summed E-state index contributed by atoms with van der Waals surface area (Å²) < 4.78 is 0. The minimum Gasteiger partial charge on any atom is -0.325 e. The zero-order valence-electron chi connectivity index (χ0n) is 13.1. The van der Waals surface area contributed by atoms with E-state index in [1.165, 1.54) is 29.0 Å². The number of hydrogen-bond donors (Lipinski definition) is 2. The molecule has 0 atom stereocenters. The molecule has 1 aliphatic heterocycles. The third-order valence-corrected chi connectivity index (χ3v) is 4.61. The van der Waals surface area contributed by atoms with Crippen molar-refractivity contribution < 1.29 is 14.4 Å². The summed E-state index contributed by atoms with van der Waals surface area (Å²) in [5.74, 6) is 0.102. The molecule has 3 amide bonds. The van der Waals surface area contributed by atoms with Gasteiger partial charge in [0.1, 0.15) is 0 Å². The van der Waals surface area contributed by atoms with Crippen molar-refractivity contribution >= 4 is 35.2 Å². The summed E-state index contributed by atoms with van der Waals surface area (Å²) in [7, 11) is 0. The molecule has 0 aromatic heterocycles. The van der Waals surface area contributed by atoms with E-state index in [1.54, 1.807) is 12.1 Å². The summed E-state index contributed by atoms with van der Waals surface area (Å²) in [6, 6.07) is 12.9. The lowest BCUT2D eigenvalue weighted by molar-refractivity contribution is -0.113. The van der Waals surface area contributed by atoms with Crippen LogP contribution in [-0.4, -0.2) is 23.5 Å². The van der Waals surface area contributed by atoms with Gasteiger partial charge in [-0.2, -0.15) is 0 Å². The molecule has 3 rings (SSSR count). The molecule has 0 fully saturated rings. The van der Waals surface area contributed by atoms with Gasteiger partial charge in [0, 0.05) is 11.4 Å². The van der Waals surface area contributed by atoms with E-state index in [2.05, 4.69) is 16.7 Å². The number of thioether (sulfide) groups is 1. The van der Waals surface area contributed by atoms with Crippen LogP contribution in [0.4, 0.5) is 5.69 Å². The minimum atomic E-state index is -0.431. The molecule has 2 aromatic rings. The lowest BCUT2D eigenvalue weighted by Crippen LogP contribution is -2.19. The molecule has 1 heterocycles. The fourth-order valence-electron chi connectivity index (χ4n) is 2.51. The van der Waals surface area contributed by atoms with E-state index in [0.29, 0.717) is 22.6 Å². The van der Waals surface area contributed by atoms with Gasteiger partial charge in [0.05, 0.1) is 16.9 Å². The van der Waals surface area contributed by atoms with Crippen molar-refractivity contribution in [2.75, 3.05) is 11.1 Å². The van der Waals surface area contributed by atoms with Gasteiger partial charge in [-0.05, 0) is 30.7 Å². The number of anilines is 1. The van der Waals surface area contributed by atoms with Crippen molar-refractivity contribution in [3.8, 4) is 0 Å². The van der Waals surface area contributed by atoms with Crippen LogP contribution in [0.1, 0.15) is 31.8 Å². The molecule has 0 spiro atoms. The number of nitrogens with one attached hydrogen (secondary N) is 2. The molecule has 122 valence electrons. The monoisotopic (exact) mass is 340 g/mol. The predicted molar refractivity (Wildman–Crippen MR) is 94.2 cm³/mol. The molecule has 0 saturated carbocycles. The van der Waals surface area contributed by atoms with Gasteiger partial charge in [0.2, 0.25) is 5.91 Å². The highest BCUT2D eigenvalue weighted by Gasteiger charge is 2.26. The minimum absolute atomic E-state index is 0.141. The average Bonchev–Trinajstić information content (AvgIpc) is 2.82. The second kappa shape index (κ2) is 6.88. The highest BCUT2D eigenvalue weighted by atomic mass is 32.2. The van der Waals surface area contributed by atoms with Gasteiger partial charge in [0.25, 0.3) is 11.8 Å². The highest BCUT2D eigenvalue weighted by molar-refractivity contribution is 7.99. The van der Waals surface area contributed by atoms with Gasteiger partial charge in [-0.1, -0.05) is 29.8 Å². The van der Waals surface area contributed by atoms with E-state index in [-0.39, 0.29) is 5.91 Å². The molecule has 0 aliphatic carbocycles. The lowest BCUT2D eigenvalue weighted by Gasteiger charge is -2.06. The van der Waals surface area contributed by atoms with Crippen molar-refractivity contribution in [2.24, 2.45) is 0 Å². The summed E-state index contributed by atoms with van der Waals surface area (Å²) in [5.41, 5.74) is 3.53. The number of aryl methyl sites for hydroxylation is 1. The molecule has 2 N–H and O–H groups in total. The van der Waals surface area contributed by atoms with Crippen LogP contribution in [0.25, 0.3) is 0 Å². The number of fused-ring (bicyclic) bond motifs is 1. The molecular weight excluding hydrogens is 324 g/mol. The van der Waals surface area contributed by atoms with Crippen molar-refractivity contribution in [3.05, 3.63) is 64.7 Å². The second-order valence-electron chi connectivity index (χ2n) is 5.57. The standard InChI is InChI=1S/C18H16N2O3S/c1-11-3-2-4-12(7-11)9-24-10-16(21)19-13-5-6-14-15(8-13)18(23)20-17(14)22/h2-8H,9-10H2,1H3,(H,19,21)(H,20,22,23). The van der Waals surface area contributed by atoms with Gasteiger partial charge in [-0.3, -0.25) is 19.7 Å². The molecule has 0 unspecified atom stereocenters. The van der Waals surface area contributed by atoms with Crippen LogP contribution in [0, 0.1) is 6.92 Å². The summed E-state index contributed by atoms with van der Waals surface area (Å²) in [4.78, 5) is 35.1. The molecule has 6 heteroatoms. The Balaban J connectivity index is 1.55. The first kappa shape index (κ1) is 16.3. The number of benzene rings is 2. The topological polar surface area (TPSA) is 75.3 Å². The summed E-state index contributed by atoms with van der Waals surface area (Å²) in [5, 5.41) is 4.98. The first-order valence-electron chi connectivity index (χ1n) is 7.46. The summed E-state index contributed by atoms with van der Waals surface area (Å²) in [6.07, 6.45) is 0. The van der Waals surface area contributed by atoms with Gasteiger partial charge in [0.15, 0.2) is 0 Å². The number of hydrogen-bond acceptors (Lipinski definition) is 4. The predicted octanol–water partition coefficient (Wildman–Crippen LogP) is 2.75. The molecular formula is C18H16N2O3S. The summed E-state index contributed by atoms with van der Waals surface area (Å²) >= 11 is 1.52. The molecule has 0 saturated heterocycles. The number of amides is 3. The zero-order valence-corrected chi connectivity index (χ0v) is 13.9. The van der Waals surface area contributed by atoms with Gasteiger partial charge in [-0.25, -0.2) is 0 Å². The number of carbonyl (C=O) groups excluding carboxylic acids is 3. The van der Waals surface area contributed by atoms with Crippen LogP contribution in [0.15, 0.2) is 42.5 Å². The molecule has 0 radical (unpaired) electrons. The smallest absolute Gasteiger partial charge is 0.259 e. The van der Waals surface area contributed by atoms with Crippen molar-refractivity contribution in [1.29, 1.82) is 0 Å². The largest absolute Gasteiger partial charge is 0.325 e. The molecule has 1 aliphatic rings. The number of carbonyl (C=O) groups is 3. The molecule has 5 nitrogen and oxygen atoms in total. The van der Waals surface area contributed by atoms with E-state index in [9.17, 15) is 14.4 Å². The van der Waals surface area contributed by atoms with Crippen LogP contribution >= 0.6 is 11.8 Å². The first-order chi connectivity index (χ1) is 11.5. The van der Waals surface area contributed by atoms with E-state index < -0.39 is 11.8 Å². The van der Waals surface area contributed by atoms with E-state index in [0.717, 1.165) is 5.75 Å². The second-order valence-corrected chi connectivity index (χ2v) is 6.56. The van der Waals surface area contributed by atoms with Crippen molar-refractivity contribution in [1.82, 2.24) is 5.32 Å². The van der Waals surface area contributed by atoms with Gasteiger partial charge < -0.3 is 5.32 Å². The van der Waals surface area contributed by atoms with E-state index in [4.69, 9.17) is 0 Å². The van der Waals surface area contributed by atoms with Crippen LogP contribution in [-0.2, 0) is 10.5 Å². The fraction of sp³-hybridized carbons (Fsp3) is 0.167. The van der Waals surface area contributed by atoms with Crippen molar-refractivity contribution in [3.63, 3.8) is 0 Å². The van der Waals surface area contributed by atoms with Gasteiger partial charge in [-0.15, -0.1) is 11.8 Å². The highest BCUT2D eigenvalue weighted by Crippen LogP contribution is 2.21. The quantitative estimate of drug-likeness (QED) is 0.821. The van der Waals surface area contributed by atoms with Crippen LogP contribution in [0.5, 0.6) is 0 Å². The van der Waals surface area contributed by atoms with E-state index in [1.807, 2.05) is 25.1 Å². The van der Waals surface area contributed by atoms with Crippen molar-refractivity contribution in [2.45, 2.75) is 12.7 Å². The Bertz CT molecular complexity index is 833. The van der Waals surface area contributed by atoms with Crippen LogP contribution < -0.4 is 10.6 Å². The third-order valence-electron chi connectivity index (χ3n) is 3.60. The maximum absolute atomic E-state index is 12.0. The zero-order chi connectivity index (χ0) is 17.1. The Hall–Kier alpha value is -2.60. The van der Waals surface area contributed by atoms with Gasteiger partial charge >= 0.3 is 0 Å². The SMILES string of the molecule is Cc1cccc(CSCC(=O)Nc2ccc3c(c2)C(=O)NC3=O)c1. The third kappa shape index (κ3) is 3.65. The number of rotatable bonds is 5. The number of imide groups is 1. The van der Waals surface area contributed by atoms with Crippen LogP contribution in [0.2, 0.25) is 0 Å². The molecule has 24 heavy (non-hydrogen) atoms. The van der Waals surface area contributed by atoms with Crippen LogP contribution in [0.3, 0.4) is 0 Å². The Kier molecular flexibility index (Phi) is 4.66. The fourth-order valence-corrected chi connectivity index (χ4v) is 3.28. The summed E-state index contributed by atoms with van der Waals surface area (Å²) in [6.45, 7) is 2.04. The Morgan fingerprint density at radius 3 is 2.67 bits per heavy atom. The molecule has 2 aromatic carbocycles. The maximum atomic E-state index is 12.0. The average molecular weight is 340 g/mol.